The molecule has 4 rings (SSSR count). The quantitative estimate of drug-likeness (QED) is 0.592. The normalized spacial score (nSPS) is 19.3. The van der Waals surface area contributed by atoms with Gasteiger partial charge in [0, 0.05) is 22.5 Å². The van der Waals surface area contributed by atoms with Crippen LogP contribution in [0.4, 0.5) is 0 Å². The third kappa shape index (κ3) is 4.29. The molecule has 0 aliphatic carbocycles. The van der Waals surface area contributed by atoms with Crippen molar-refractivity contribution in [1.29, 1.82) is 0 Å². The fourth-order valence-corrected chi connectivity index (χ4v) is 4.26. The van der Waals surface area contributed by atoms with Gasteiger partial charge in [-0.1, -0.05) is 43.6 Å². The molecule has 1 saturated heterocycles. The van der Waals surface area contributed by atoms with Crippen LogP contribution in [0.1, 0.15) is 43.9 Å². The van der Waals surface area contributed by atoms with Gasteiger partial charge in [0.25, 0.3) is 5.56 Å². The molecule has 3 aromatic rings. The second kappa shape index (κ2) is 8.69. The first-order valence-corrected chi connectivity index (χ1v) is 10.7. The Morgan fingerprint density at radius 3 is 2.42 bits per heavy atom. The molecule has 0 radical (unpaired) electrons. The van der Waals surface area contributed by atoms with Gasteiger partial charge < -0.3 is 9.84 Å². The van der Waals surface area contributed by atoms with Gasteiger partial charge in [0.2, 0.25) is 0 Å². The molecule has 1 N–H and O–H groups in total. The number of fused-ring (bicyclic) bond motifs is 1. The van der Waals surface area contributed by atoms with Gasteiger partial charge in [0.05, 0.1) is 18.2 Å². The summed E-state index contributed by atoms with van der Waals surface area (Å²) in [6, 6.07) is 14.7. The molecule has 1 aliphatic rings. The van der Waals surface area contributed by atoms with E-state index in [0.717, 1.165) is 16.6 Å². The van der Waals surface area contributed by atoms with Gasteiger partial charge in [-0.3, -0.25) is 14.2 Å². The number of pyridine rings is 1. The highest BCUT2D eigenvalue weighted by Crippen LogP contribution is 2.30. The molecule has 0 amide bonds. The highest BCUT2D eigenvalue weighted by Gasteiger charge is 2.26. The summed E-state index contributed by atoms with van der Waals surface area (Å²) in [6.45, 7) is 4.17. The molecular weight excluding hydrogens is 414 g/mol. The van der Waals surface area contributed by atoms with Crippen molar-refractivity contribution < 1.29 is 14.6 Å². The molecule has 0 unspecified atom stereocenters. The van der Waals surface area contributed by atoms with Crippen LogP contribution in [0.3, 0.4) is 0 Å². The van der Waals surface area contributed by atoms with E-state index in [2.05, 4.69) is 13.8 Å². The lowest BCUT2D eigenvalue weighted by Gasteiger charge is -2.24. The zero-order chi connectivity index (χ0) is 22.1. The minimum Gasteiger partial charge on any atom is -0.458 e. The Morgan fingerprint density at radius 1 is 1.10 bits per heavy atom. The number of aliphatic hydroxyl groups is 1. The topological polar surface area (TPSA) is 68.5 Å². The molecule has 2 heterocycles. The Morgan fingerprint density at radius 2 is 1.77 bits per heavy atom. The van der Waals surface area contributed by atoms with Crippen LogP contribution in [0.15, 0.2) is 59.4 Å². The van der Waals surface area contributed by atoms with Crippen LogP contribution in [0.5, 0.6) is 0 Å². The standard InChI is InChI=1S/C25H24ClNO4/c1-15(2)24-20-5-3-4-6-21(20)25(30)27(17-9-7-16(26)8-10-17)22(24)12-11-19-13-18(28)14-23(29)31-19/h3-12,15,18-19,28H,13-14H2,1-2H3/b12-11+/t18-,19-/m1/s1. The minimum absolute atomic E-state index is 0.00699. The smallest absolute Gasteiger partial charge is 0.309 e. The van der Waals surface area contributed by atoms with E-state index in [1.54, 1.807) is 22.8 Å². The van der Waals surface area contributed by atoms with Crippen molar-refractivity contribution in [3.63, 3.8) is 0 Å². The lowest BCUT2D eigenvalue weighted by Crippen LogP contribution is -2.31. The summed E-state index contributed by atoms with van der Waals surface area (Å²) in [5, 5.41) is 12.0. The summed E-state index contributed by atoms with van der Waals surface area (Å²) >= 11 is 6.07. The fourth-order valence-electron chi connectivity index (χ4n) is 4.14. The van der Waals surface area contributed by atoms with Gasteiger partial charge in [0.15, 0.2) is 0 Å². The average molecular weight is 438 g/mol. The van der Waals surface area contributed by atoms with Gasteiger partial charge in [-0.2, -0.15) is 0 Å². The van der Waals surface area contributed by atoms with Gasteiger partial charge in [-0.05, 0) is 59.4 Å². The third-order valence-corrected chi connectivity index (χ3v) is 5.74. The SMILES string of the molecule is CC(C)c1c(/C=C/[C@@H]2C[C@@H](O)CC(=O)O2)n(-c2ccc(Cl)cc2)c(=O)c2ccccc12. The molecule has 2 atom stereocenters. The van der Waals surface area contributed by atoms with E-state index < -0.39 is 18.2 Å². The summed E-state index contributed by atoms with van der Waals surface area (Å²) in [5.41, 5.74) is 2.30. The Hall–Kier alpha value is -2.89. The number of halogens is 1. The van der Waals surface area contributed by atoms with Crippen LogP contribution < -0.4 is 5.56 Å². The van der Waals surface area contributed by atoms with Crippen LogP contribution in [-0.2, 0) is 9.53 Å². The maximum Gasteiger partial charge on any atom is 0.309 e. The zero-order valence-corrected chi connectivity index (χ0v) is 18.2. The van der Waals surface area contributed by atoms with Crippen LogP contribution in [0.25, 0.3) is 22.5 Å². The molecule has 0 spiro atoms. The monoisotopic (exact) mass is 437 g/mol. The first-order chi connectivity index (χ1) is 14.8. The molecule has 160 valence electrons. The molecule has 1 aromatic heterocycles. The van der Waals surface area contributed by atoms with E-state index in [-0.39, 0.29) is 17.9 Å². The number of ether oxygens (including phenoxy) is 1. The van der Waals surface area contributed by atoms with Crippen LogP contribution in [0.2, 0.25) is 5.02 Å². The maximum absolute atomic E-state index is 13.5. The zero-order valence-electron chi connectivity index (χ0n) is 17.4. The molecular formula is C25H24ClNO4. The van der Waals surface area contributed by atoms with Gasteiger partial charge in [0.1, 0.15) is 6.10 Å². The van der Waals surface area contributed by atoms with Crippen LogP contribution in [0, 0.1) is 0 Å². The van der Waals surface area contributed by atoms with Crippen molar-refractivity contribution in [2.45, 2.75) is 44.8 Å². The summed E-state index contributed by atoms with van der Waals surface area (Å²) in [6.07, 6.45) is 2.65. The summed E-state index contributed by atoms with van der Waals surface area (Å²) < 4.78 is 7.04. The van der Waals surface area contributed by atoms with Crippen molar-refractivity contribution in [2.24, 2.45) is 0 Å². The number of esters is 1. The van der Waals surface area contributed by atoms with E-state index in [0.29, 0.717) is 22.5 Å². The van der Waals surface area contributed by atoms with Crippen LogP contribution in [-0.4, -0.2) is 27.9 Å². The highest BCUT2D eigenvalue weighted by molar-refractivity contribution is 6.30. The minimum atomic E-state index is -0.726. The first-order valence-electron chi connectivity index (χ1n) is 10.3. The number of benzene rings is 2. The molecule has 5 nitrogen and oxygen atoms in total. The van der Waals surface area contributed by atoms with Gasteiger partial charge in [-0.15, -0.1) is 0 Å². The largest absolute Gasteiger partial charge is 0.458 e. The van der Waals surface area contributed by atoms with Crippen LogP contribution >= 0.6 is 11.6 Å². The molecule has 1 fully saturated rings. The highest BCUT2D eigenvalue weighted by atomic mass is 35.5. The number of carbonyl (C=O) groups excluding carboxylic acids is 1. The predicted octanol–water partition coefficient (Wildman–Crippen LogP) is 4.85. The summed E-state index contributed by atoms with van der Waals surface area (Å²) in [7, 11) is 0. The second-order valence-electron chi connectivity index (χ2n) is 8.10. The van der Waals surface area contributed by atoms with Crippen molar-refractivity contribution in [1.82, 2.24) is 4.57 Å². The third-order valence-electron chi connectivity index (χ3n) is 5.49. The number of rotatable bonds is 4. The van der Waals surface area contributed by atoms with Crippen molar-refractivity contribution in [2.75, 3.05) is 0 Å². The van der Waals surface area contributed by atoms with E-state index >= 15 is 0 Å². The Kier molecular flexibility index (Phi) is 5.99. The number of aromatic nitrogens is 1. The molecule has 31 heavy (non-hydrogen) atoms. The molecule has 0 saturated carbocycles. The van der Waals surface area contributed by atoms with Crippen molar-refractivity contribution in [3.05, 3.63) is 81.2 Å². The maximum atomic E-state index is 13.5. The Bertz CT molecular complexity index is 1210. The predicted molar refractivity (Wildman–Crippen MR) is 123 cm³/mol. The Labute approximate surface area is 185 Å². The van der Waals surface area contributed by atoms with E-state index in [9.17, 15) is 14.7 Å². The lowest BCUT2D eigenvalue weighted by molar-refractivity contribution is -0.156. The number of cyclic esters (lactones) is 1. The lowest BCUT2D eigenvalue weighted by atomic mass is 9.93. The number of hydrogen-bond acceptors (Lipinski definition) is 4. The second-order valence-corrected chi connectivity index (χ2v) is 8.53. The Balaban J connectivity index is 1.97. The number of nitrogens with zero attached hydrogens (tertiary/aromatic N) is 1. The number of hydrogen-bond donors (Lipinski definition) is 1. The molecule has 1 aliphatic heterocycles. The number of aliphatic hydroxyl groups excluding tert-OH is 1. The van der Waals surface area contributed by atoms with Gasteiger partial charge in [-0.25, -0.2) is 0 Å². The fraction of sp³-hybridized carbons (Fsp3) is 0.280. The average Bonchev–Trinajstić information content (AvgIpc) is 2.72. The summed E-state index contributed by atoms with van der Waals surface area (Å²) in [4.78, 5) is 25.3. The van der Waals surface area contributed by atoms with E-state index in [4.69, 9.17) is 16.3 Å². The first kappa shape index (κ1) is 21.3. The van der Waals surface area contributed by atoms with Crippen molar-refractivity contribution >= 4 is 34.4 Å². The number of carbonyl (C=O) groups is 1. The molecule has 6 heteroatoms. The van der Waals surface area contributed by atoms with Gasteiger partial charge >= 0.3 is 5.97 Å². The summed E-state index contributed by atoms with van der Waals surface area (Å²) in [5.74, 6) is -0.297. The van der Waals surface area contributed by atoms with E-state index in [1.165, 1.54) is 0 Å². The van der Waals surface area contributed by atoms with Crippen molar-refractivity contribution in [3.8, 4) is 5.69 Å². The molecule has 2 aromatic carbocycles. The van der Waals surface area contributed by atoms with E-state index in [1.807, 2.05) is 42.5 Å². The molecule has 0 bridgehead atoms.